The summed E-state index contributed by atoms with van der Waals surface area (Å²) in [5, 5.41) is 8.04. The van der Waals surface area contributed by atoms with Crippen molar-refractivity contribution in [3.8, 4) is 0 Å². The van der Waals surface area contributed by atoms with E-state index in [2.05, 4.69) is 20.4 Å². The van der Waals surface area contributed by atoms with Crippen molar-refractivity contribution in [2.75, 3.05) is 18.8 Å². The molecule has 0 saturated carbocycles. The van der Waals surface area contributed by atoms with E-state index in [4.69, 9.17) is 4.52 Å². The summed E-state index contributed by atoms with van der Waals surface area (Å²) in [4.78, 5) is 8.50. The minimum Gasteiger partial charge on any atom is -0.364 e. The second-order valence-corrected chi connectivity index (χ2v) is 4.38. The summed E-state index contributed by atoms with van der Waals surface area (Å²) >= 11 is 1.78. The Balaban J connectivity index is 1.72. The van der Waals surface area contributed by atoms with Crippen LogP contribution in [0.2, 0.25) is 0 Å². The SMILES string of the molecule is Cc1noc(CCNC2=NCCCS2)n1. The number of aromatic nitrogens is 2. The molecule has 0 saturated heterocycles. The normalized spacial score (nSPS) is 16.2. The highest BCUT2D eigenvalue weighted by molar-refractivity contribution is 8.13. The lowest BCUT2D eigenvalue weighted by Gasteiger charge is -2.11. The van der Waals surface area contributed by atoms with Gasteiger partial charge in [0.05, 0.1) is 0 Å². The summed E-state index contributed by atoms with van der Waals surface area (Å²) in [5.41, 5.74) is 0. The van der Waals surface area contributed by atoms with E-state index in [0.717, 1.165) is 30.4 Å². The summed E-state index contributed by atoms with van der Waals surface area (Å²) in [7, 11) is 0. The van der Waals surface area contributed by atoms with E-state index in [9.17, 15) is 0 Å². The number of nitrogens with one attached hydrogen (secondary N) is 1. The van der Waals surface area contributed by atoms with Gasteiger partial charge in [0.15, 0.2) is 11.0 Å². The largest absolute Gasteiger partial charge is 0.364 e. The van der Waals surface area contributed by atoms with Crippen LogP contribution in [0.25, 0.3) is 0 Å². The van der Waals surface area contributed by atoms with Crippen molar-refractivity contribution in [1.29, 1.82) is 0 Å². The number of hydrogen-bond acceptors (Lipinski definition) is 6. The fraction of sp³-hybridized carbons (Fsp3) is 0.667. The van der Waals surface area contributed by atoms with Crippen LogP contribution >= 0.6 is 11.8 Å². The van der Waals surface area contributed by atoms with Gasteiger partial charge < -0.3 is 9.84 Å². The Hall–Kier alpha value is -1.04. The van der Waals surface area contributed by atoms with Gasteiger partial charge in [-0.25, -0.2) is 0 Å². The van der Waals surface area contributed by atoms with Crippen molar-refractivity contribution in [1.82, 2.24) is 15.5 Å². The molecule has 0 spiro atoms. The molecule has 1 N–H and O–H groups in total. The molecule has 6 heteroatoms. The van der Waals surface area contributed by atoms with Crippen molar-refractivity contribution in [3.63, 3.8) is 0 Å². The second kappa shape index (κ2) is 5.16. The lowest BCUT2D eigenvalue weighted by atomic mass is 10.4. The molecular formula is C9H14N4OS. The molecule has 0 bridgehead atoms. The van der Waals surface area contributed by atoms with Gasteiger partial charge in [0, 0.05) is 25.3 Å². The topological polar surface area (TPSA) is 63.3 Å². The molecule has 0 aliphatic carbocycles. The Morgan fingerprint density at radius 3 is 3.13 bits per heavy atom. The zero-order valence-corrected chi connectivity index (χ0v) is 9.51. The number of aryl methyl sites for hydroxylation is 1. The molecule has 2 rings (SSSR count). The van der Waals surface area contributed by atoms with Gasteiger partial charge in [-0.05, 0) is 13.3 Å². The Morgan fingerprint density at radius 2 is 2.47 bits per heavy atom. The molecule has 15 heavy (non-hydrogen) atoms. The van der Waals surface area contributed by atoms with Gasteiger partial charge in [-0.15, -0.1) is 0 Å². The Labute approximate surface area is 92.7 Å². The summed E-state index contributed by atoms with van der Waals surface area (Å²) in [5.74, 6) is 2.53. The third-order valence-electron chi connectivity index (χ3n) is 1.98. The number of thioether (sulfide) groups is 1. The zero-order chi connectivity index (χ0) is 10.5. The Morgan fingerprint density at radius 1 is 1.53 bits per heavy atom. The van der Waals surface area contributed by atoms with Crippen LogP contribution < -0.4 is 5.32 Å². The van der Waals surface area contributed by atoms with Crippen LogP contribution in [-0.2, 0) is 6.42 Å². The first-order valence-corrected chi connectivity index (χ1v) is 6.03. The maximum absolute atomic E-state index is 5.01. The molecule has 5 nitrogen and oxygen atoms in total. The van der Waals surface area contributed by atoms with Crippen molar-refractivity contribution in [3.05, 3.63) is 11.7 Å². The van der Waals surface area contributed by atoms with E-state index in [1.165, 1.54) is 6.42 Å². The summed E-state index contributed by atoms with van der Waals surface area (Å²) in [6.07, 6.45) is 1.93. The molecule has 0 unspecified atom stereocenters. The molecule has 1 aliphatic heterocycles. The van der Waals surface area contributed by atoms with Crippen LogP contribution in [0.5, 0.6) is 0 Å². The van der Waals surface area contributed by atoms with Crippen LogP contribution in [0, 0.1) is 6.92 Å². The highest BCUT2D eigenvalue weighted by atomic mass is 32.2. The maximum atomic E-state index is 5.01. The molecule has 1 aliphatic rings. The van der Waals surface area contributed by atoms with Gasteiger partial charge in [0.1, 0.15) is 0 Å². The monoisotopic (exact) mass is 226 g/mol. The quantitative estimate of drug-likeness (QED) is 0.833. The smallest absolute Gasteiger partial charge is 0.228 e. The molecule has 0 atom stereocenters. The lowest BCUT2D eigenvalue weighted by Crippen LogP contribution is -2.25. The third kappa shape index (κ3) is 3.23. The van der Waals surface area contributed by atoms with Crippen molar-refractivity contribution in [2.45, 2.75) is 19.8 Å². The van der Waals surface area contributed by atoms with Gasteiger partial charge in [0.25, 0.3) is 0 Å². The first-order valence-electron chi connectivity index (χ1n) is 5.05. The van der Waals surface area contributed by atoms with E-state index in [-0.39, 0.29) is 0 Å². The first kappa shape index (κ1) is 10.5. The lowest BCUT2D eigenvalue weighted by molar-refractivity contribution is 0.375. The van der Waals surface area contributed by atoms with Gasteiger partial charge in [0.2, 0.25) is 5.89 Å². The average Bonchev–Trinajstić information content (AvgIpc) is 2.66. The van der Waals surface area contributed by atoms with E-state index in [1.54, 1.807) is 11.8 Å². The zero-order valence-electron chi connectivity index (χ0n) is 8.69. The van der Waals surface area contributed by atoms with Crippen LogP contribution in [0.15, 0.2) is 9.52 Å². The minimum atomic E-state index is 0.682. The fourth-order valence-corrected chi connectivity index (χ4v) is 2.14. The average molecular weight is 226 g/mol. The van der Waals surface area contributed by atoms with E-state index < -0.39 is 0 Å². The van der Waals surface area contributed by atoms with E-state index in [0.29, 0.717) is 11.7 Å². The summed E-state index contributed by atoms with van der Waals surface area (Å²) < 4.78 is 5.01. The van der Waals surface area contributed by atoms with Crippen LogP contribution in [0.4, 0.5) is 0 Å². The predicted octanol–water partition coefficient (Wildman–Crippen LogP) is 1.00. The summed E-state index contributed by atoms with van der Waals surface area (Å²) in [6.45, 7) is 3.56. The highest BCUT2D eigenvalue weighted by Crippen LogP contribution is 2.09. The molecule has 1 aromatic heterocycles. The van der Waals surface area contributed by atoms with Crippen LogP contribution in [0.3, 0.4) is 0 Å². The minimum absolute atomic E-state index is 0.682. The van der Waals surface area contributed by atoms with E-state index in [1.807, 2.05) is 6.92 Å². The van der Waals surface area contributed by atoms with Gasteiger partial charge >= 0.3 is 0 Å². The molecule has 2 heterocycles. The van der Waals surface area contributed by atoms with Crippen LogP contribution in [-0.4, -0.2) is 34.2 Å². The van der Waals surface area contributed by atoms with Gasteiger partial charge in [-0.2, -0.15) is 4.98 Å². The number of nitrogens with zero attached hydrogens (tertiary/aromatic N) is 3. The number of rotatable bonds is 3. The van der Waals surface area contributed by atoms with Crippen LogP contribution in [0.1, 0.15) is 18.1 Å². The Bertz CT molecular complexity index is 350. The van der Waals surface area contributed by atoms with Gasteiger partial charge in [-0.1, -0.05) is 16.9 Å². The predicted molar refractivity (Wildman–Crippen MR) is 60.1 cm³/mol. The molecule has 82 valence electrons. The molecule has 1 aromatic rings. The van der Waals surface area contributed by atoms with E-state index >= 15 is 0 Å². The van der Waals surface area contributed by atoms with Crippen molar-refractivity contribution in [2.24, 2.45) is 4.99 Å². The third-order valence-corrected chi connectivity index (χ3v) is 3.02. The molecular weight excluding hydrogens is 212 g/mol. The second-order valence-electron chi connectivity index (χ2n) is 3.30. The molecule has 0 radical (unpaired) electrons. The maximum Gasteiger partial charge on any atom is 0.228 e. The first-order chi connectivity index (χ1) is 7.34. The molecule has 0 amide bonds. The highest BCUT2D eigenvalue weighted by Gasteiger charge is 2.06. The fourth-order valence-electron chi connectivity index (χ4n) is 1.28. The summed E-state index contributed by atoms with van der Waals surface area (Å²) in [6, 6.07) is 0. The van der Waals surface area contributed by atoms with Crippen molar-refractivity contribution < 1.29 is 4.52 Å². The van der Waals surface area contributed by atoms with Gasteiger partial charge in [-0.3, -0.25) is 4.99 Å². The molecule has 0 aromatic carbocycles. The Kier molecular flexibility index (Phi) is 3.60. The number of amidine groups is 1. The van der Waals surface area contributed by atoms with Crippen molar-refractivity contribution >= 4 is 16.9 Å². The standard InChI is InChI=1S/C9H14N4OS/c1-7-12-8(14-13-7)3-5-11-9-10-4-2-6-15-9/h2-6H2,1H3,(H,10,11). The number of hydrogen-bond donors (Lipinski definition) is 1. The molecule has 0 fully saturated rings. The number of aliphatic imine (C=N–C) groups is 1.